The van der Waals surface area contributed by atoms with Gasteiger partial charge in [0.25, 0.3) is 0 Å². The van der Waals surface area contributed by atoms with Crippen LogP contribution in [0.3, 0.4) is 0 Å². The van der Waals surface area contributed by atoms with Crippen molar-refractivity contribution in [2.75, 3.05) is 6.86 Å². The second kappa shape index (κ2) is 8.22. The molecule has 0 fully saturated rings. The van der Waals surface area contributed by atoms with E-state index in [4.69, 9.17) is 10.6 Å². The Morgan fingerprint density at radius 1 is 0.923 bits per heavy atom. The zero-order valence-electron chi connectivity index (χ0n) is 13.8. The molecule has 0 bridgehead atoms. The van der Waals surface area contributed by atoms with E-state index in [1.807, 2.05) is 24.3 Å². The fourth-order valence-corrected chi connectivity index (χ4v) is 2.63. The van der Waals surface area contributed by atoms with Gasteiger partial charge in [-0.1, -0.05) is 54.6 Å². The quantitative estimate of drug-likeness (QED) is 0.310. The van der Waals surface area contributed by atoms with Gasteiger partial charge >= 0.3 is 0 Å². The van der Waals surface area contributed by atoms with E-state index in [0.29, 0.717) is 16.9 Å². The summed E-state index contributed by atoms with van der Waals surface area (Å²) in [4.78, 5) is 4.30. The Balaban J connectivity index is 2.14. The Bertz CT molecular complexity index is 928. The summed E-state index contributed by atoms with van der Waals surface area (Å²) in [5.41, 5.74) is 4.72. The third-order valence-electron chi connectivity index (χ3n) is 3.79. The van der Waals surface area contributed by atoms with Crippen molar-refractivity contribution in [3.05, 3.63) is 84.2 Å². The predicted octanol–water partition coefficient (Wildman–Crippen LogP) is 4.34. The maximum absolute atomic E-state index is 14.0. The van der Waals surface area contributed by atoms with Crippen molar-refractivity contribution < 1.29 is 13.5 Å². The molecule has 0 atom stereocenters. The van der Waals surface area contributed by atoms with Gasteiger partial charge in [0.2, 0.25) is 6.86 Å². The number of ether oxygens (including phenoxy) is 1. The van der Waals surface area contributed by atoms with Gasteiger partial charge < -0.3 is 10.2 Å². The summed E-state index contributed by atoms with van der Waals surface area (Å²) < 4.78 is 31.7. The summed E-state index contributed by atoms with van der Waals surface area (Å²) in [7, 11) is 0. The SMILES string of the molecule is NNC(=Nc1ccccc1F)c1ccccc1-c1ccccc1OCF. The summed E-state index contributed by atoms with van der Waals surface area (Å²) in [6, 6.07) is 20.5. The number of hydrogen-bond acceptors (Lipinski definition) is 3. The molecule has 132 valence electrons. The van der Waals surface area contributed by atoms with Gasteiger partial charge in [-0.05, 0) is 23.8 Å². The molecular formula is C20H17F2N3O. The molecule has 3 rings (SSSR count). The molecular weight excluding hydrogens is 336 g/mol. The molecule has 0 amide bonds. The molecule has 3 aromatic rings. The first-order valence-corrected chi connectivity index (χ1v) is 7.92. The second-order valence-corrected chi connectivity index (χ2v) is 5.35. The summed E-state index contributed by atoms with van der Waals surface area (Å²) in [6.07, 6.45) is 0. The van der Waals surface area contributed by atoms with Crippen molar-refractivity contribution in [3.63, 3.8) is 0 Å². The lowest BCUT2D eigenvalue weighted by Crippen LogP contribution is -2.31. The highest BCUT2D eigenvalue weighted by atomic mass is 19.1. The fourth-order valence-electron chi connectivity index (χ4n) is 2.63. The van der Waals surface area contributed by atoms with E-state index in [1.165, 1.54) is 6.07 Å². The second-order valence-electron chi connectivity index (χ2n) is 5.35. The number of hydrogen-bond donors (Lipinski definition) is 2. The Morgan fingerprint density at radius 3 is 2.31 bits per heavy atom. The van der Waals surface area contributed by atoms with E-state index in [-0.39, 0.29) is 11.5 Å². The van der Waals surface area contributed by atoms with Crippen LogP contribution in [0.4, 0.5) is 14.5 Å². The van der Waals surface area contributed by atoms with Crippen molar-refractivity contribution in [1.29, 1.82) is 0 Å². The number of aliphatic imine (C=N–C) groups is 1. The molecule has 3 aromatic carbocycles. The first-order chi connectivity index (χ1) is 12.7. The number of nitrogens with one attached hydrogen (secondary N) is 1. The molecule has 6 heteroatoms. The van der Waals surface area contributed by atoms with Gasteiger partial charge in [-0.3, -0.25) is 0 Å². The third kappa shape index (κ3) is 3.70. The van der Waals surface area contributed by atoms with Crippen LogP contribution in [-0.2, 0) is 0 Å². The largest absolute Gasteiger partial charge is 0.462 e. The van der Waals surface area contributed by atoms with E-state index >= 15 is 0 Å². The Labute approximate surface area is 149 Å². The number of amidine groups is 1. The number of rotatable bonds is 5. The molecule has 0 radical (unpaired) electrons. The molecule has 0 aliphatic carbocycles. The standard InChI is InChI=1S/C20H17F2N3O/c21-13-26-19-12-6-3-8-15(19)14-7-1-2-9-16(14)20(25-23)24-18-11-5-4-10-17(18)22/h1-12H,13,23H2,(H,24,25). The van der Waals surface area contributed by atoms with Crippen LogP contribution in [-0.4, -0.2) is 12.7 Å². The van der Waals surface area contributed by atoms with Crippen LogP contribution in [0.25, 0.3) is 11.1 Å². The molecule has 0 saturated carbocycles. The van der Waals surface area contributed by atoms with Gasteiger partial charge in [0.05, 0.1) is 0 Å². The van der Waals surface area contributed by atoms with E-state index in [2.05, 4.69) is 10.4 Å². The molecule has 3 N–H and O–H groups in total. The molecule has 0 spiro atoms. The predicted molar refractivity (Wildman–Crippen MR) is 98.4 cm³/mol. The highest BCUT2D eigenvalue weighted by Crippen LogP contribution is 2.33. The van der Waals surface area contributed by atoms with Gasteiger partial charge in [0, 0.05) is 11.1 Å². The number of para-hydroxylation sites is 2. The van der Waals surface area contributed by atoms with Gasteiger partial charge in [-0.25, -0.2) is 19.6 Å². The lowest BCUT2D eigenvalue weighted by Gasteiger charge is -2.15. The lowest BCUT2D eigenvalue weighted by atomic mass is 9.98. The van der Waals surface area contributed by atoms with Crippen molar-refractivity contribution in [2.24, 2.45) is 10.8 Å². The number of benzene rings is 3. The molecule has 0 aliphatic rings. The highest BCUT2D eigenvalue weighted by molar-refractivity contribution is 6.05. The van der Waals surface area contributed by atoms with E-state index in [0.717, 1.165) is 5.56 Å². The average Bonchev–Trinajstić information content (AvgIpc) is 2.68. The third-order valence-corrected chi connectivity index (χ3v) is 3.79. The van der Waals surface area contributed by atoms with Gasteiger partial charge in [-0.2, -0.15) is 0 Å². The highest BCUT2D eigenvalue weighted by Gasteiger charge is 2.14. The van der Waals surface area contributed by atoms with Crippen LogP contribution >= 0.6 is 0 Å². The molecule has 26 heavy (non-hydrogen) atoms. The molecule has 0 aliphatic heterocycles. The van der Waals surface area contributed by atoms with Crippen molar-refractivity contribution in [2.45, 2.75) is 0 Å². The van der Waals surface area contributed by atoms with Crippen LogP contribution in [0, 0.1) is 5.82 Å². The first kappa shape index (κ1) is 17.6. The van der Waals surface area contributed by atoms with Crippen LogP contribution in [0.15, 0.2) is 77.8 Å². The summed E-state index contributed by atoms with van der Waals surface area (Å²) in [5.74, 6) is 5.86. The zero-order valence-corrected chi connectivity index (χ0v) is 13.8. The minimum atomic E-state index is -0.940. The van der Waals surface area contributed by atoms with Crippen molar-refractivity contribution in [1.82, 2.24) is 5.43 Å². The average molecular weight is 353 g/mol. The Kier molecular flexibility index (Phi) is 5.56. The smallest absolute Gasteiger partial charge is 0.228 e. The van der Waals surface area contributed by atoms with Crippen LogP contribution in [0.1, 0.15) is 5.56 Å². The number of alkyl halides is 1. The van der Waals surface area contributed by atoms with E-state index in [1.54, 1.807) is 42.5 Å². The van der Waals surface area contributed by atoms with E-state index < -0.39 is 12.7 Å². The fraction of sp³-hybridized carbons (Fsp3) is 0.0500. The van der Waals surface area contributed by atoms with Gasteiger partial charge in [-0.15, -0.1) is 0 Å². The maximum Gasteiger partial charge on any atom is 0.228 e. The summed E-state index contributed by atoms with van der Waals surface area (Å²) in [6.45, 7) is -0.940. The van der Waals surface area contributed by atoms with Crippen LogP contribution < -0.4 is 16.0 Å². The molecule has 0 heterocycles. The van der Waals surface area contributed by atoms with Crippen molar-refractivity contribution in [3.8, 4) is 16.9 Å². The van der Waals surface area contributed by atoms with Gasteiger partial charge in [0.15, 0.2) is 0 Å². The molecule has 4 nitrogen and oxygen atoms in total. The van der Waals surface area contributed by atoms with Gasteiger partial charge in [0.1, 0.15) is 23.1 Å². The molecule has 0 saturated heterocycles. The van der Waals surface area contributed by atoms with Crippen LogP contribution in [0.2, 0.25) is 0 Å². The summed E-state index contributed by atoms with van der Waals surface area (Å²) in [5, 5.41) is 0. The Hall–Kier alpha value is -3.25. The molecule has 0 unspecified atom stereocenters. The minimum absolute atomic E-state index is 0.156. The first-order valence-electron chi connectivity index (χ1n) is 7.92. The number of nitrogens with zero attached hydrogens (tertiary/aromatic N) is 1. The van der Waals surface area contributed by atoms with E-state index in [9.17, 15) is 8.78 Å². The van der Waals surface area contributed by atoms with Crippen molar-refractivity contribution >= 4 is 11.5 Å². The number of hydrazine groups is 1. The monoisotopic (exact) mass is 353 g/mol. The topological polar surface area (TPSA) is 59.6 Å². The number of nitrogens with two attached hydrogens (primary N) is 1. The summed E-state index contributed by atoms with van der Waals surface area (Å²) >= 11 is 0. The lowest BCUT2D eigenvalue weighted by molar-refractivity contribution is 0.192. The zero-order chi connectivity index (χ0) is 18.4. The maximum atomic E-state index is 14.0. The molecule has 0 aromatic heterocycles. The minimum Gasteiger partial charge on any atom is -0.462 e. The Morgan fingerprint density at radius 2 is 1.58 bits per heavy atom. The normalized spacial score (nSPS) is 11.3. The number of halogens is 2. The van der Waals surface area contributed by atoms with Crippen LogP contribution in [0.5, 0.6) is 5.75 Å².